The van der Waals surface area contributed by atoms with Gasteiger partial charge in [0.25, 0.3) is 5.91 Å². The number of hydrogen-bond acceptors (Lipinski definition) is 3. The van der Waals surface area contributed by atoms with E-state index in [0.717, 1.165) is 16.1 Å². The number of primary amides is 1. The van der Waals surface area contributed by atoms with E-state index in [-0.39, 0.29) is 23.8 Å². The van der Waals surface area contributed by atoms with E-state index in [1.54, 1.807) is 6.07 Å². The lowest BCUT2D eigenvalue weighted by molar-refractivity contribution is -0.117. The molecule has 1 fully saturated rings. The van der Waals surface area contributed by atoms with E-state index in [4.69, 9.17) is 22.1 Å². The Bertz CT molecular complexity index is 1190. The first-order valence-electron chi connectivity index (χ1n) is 9.45. The van der Waals surface area contributed by atoms with Crippen molar-refractivity contribution in [2.45, 2.75) is 12.3 Å². The summed E-state index contributed by atoms with van der Waals surface area (Å²) in [5, 5.41) is 0.449. The summed E-state index contributed by atoms with van der Waals surface area (Å²) in [6.07, 6.45) is 0.263. The molecule has 2 amide bonds. The van der Waals surface area contributed by atoms with Crippen molar-refractivity contribution >= 4 is 45.0 Å². The van der Waals surface area contributed by atoms with Crippen LogP contribution in [0, 0.1) is 5.82 Å². The summed E-state index contributed by atoms with van der Waals surface area (Å²) in [6.45, 7) is 0.374. The van der Waals surface area contributed by atoms with Crippen molar-refractivity contribution in [3.05, 3.63) is 87.1 Å². The third kappa shape index (κ3) is 4.43. The van der Waals surface area contributed by atoms with Crippen LogP contribution in [0.2, 0.25) is 5.02 Å². The Morgan fingerprint density at radius 2 is 1.90 bits per heavy atom. The van der Waals surface area contributed by atoms with Gasteiger partial charge in [-0.3, -0.25) is 9.59 Å². The minimum Gasteiger partial charge on any atom is -0.455 e. The van der Waals surface area contributed by atoms with E-state index >= 15 is 0 Å². The molecule has 0 aromatic heterocycles. The second-order valence-corrected chi connectivity index (χ2v) is 8.42. The normalized spacial score (nSPS) is 15.9. The molecule has 1 aliphatic rings. The number of benzene rings is 3. The highest BCUT2D eigenvalue weighted by Gasteiger charge is 2.32. The molecular formula is C23H17BrClFN2O3. The SMILES string of the molecule is NC(=O)c1cc(N2C[C@@H](c3ccc(Cl)c(Oc4ccccc4Br)c3)CC2=O)ccc1F. The number of anilines is 1. The van der Waals surface area contributed by atoms with Crippen LogP contribution < -0.4 is 15.4 Å². The molecule has 3 aromatic carbocycles. The molecule has 0 unspecified atom stereocenters. The Kier molecular flexibility index (Phi) is 5.98. The van der Waals surface area contributed by atoms with E-state index in [0.29, 0.717) is 28.8 Å². The fourth-order valence-corrected chi connectivity index (χ4v) is 4.07. The maximum Gasteiger partial charge on any atom is 0.251 e. The van der Waals surface area contributed by atoms with Crippen LogP contribution in [0.5, 0.6) is 11.5 Å². The van der Waals surface area contributed by atoms with Gasteiger partial charge in [0.1, 0.15) is 17.3 Å². The van der Waals surface area contributed by atoms with Gasteiger partial charge in [-0.25, -0.2) is 4.39 Å². The number of nitrogens with zero attached hydrogens (tertiary/aromatic N) is 1. The van der Waals surface area contributed by atoms with Crippen LogP contribution in [0.4, 0.5) is 10.1 Å². The Labute approximate surface area is 191 Å². The number of carbonyl (C=O) groups excluding carboxylic acids is 2. The molecule has 4 rings (SSSR count). The summed E-state index contributed by atoms with van der Waals surface area (Å²) in [4.78, 5) is 25.6. The van der Waals surface area contributed by atoms with Crippen molar-refractivity contribution in [3.63, 3.8) is 0 Å². The van der Waals surface area contributed by atoms with Crippen LogP contribution in [-0.4, -0.2) is 18.4 Å². The van der Waals surface area contributed by atoms with Gasteiger partial charge in [-0.1, -0.05) is 29.8 Å². The smallest absolute Gasteiger partial charge is 0.251 e. The number of hydrogen-bond donors (Lipinski definition) is 1. The summed E-state index contributed by atoms with van der Waals surface area (Å²) >= 11 is 9.77. The minimum atomic E-state index is -0.880. The van der Waals surface area contributed by atoms with Crippen molar-refractivity contribution in [1.82, 2.24) is 0 Å². The topological polar surface area (TPSA) is 72.6 Å². The van der Waals surface area contributed by atoms with Gasteiger partial charge in [-0.15, -0.1) is 0 Å². The van der Waals surface area contributed by atoms with E-state index in [1.165, 1.54) is 17.0 Å². The second kappa shape index (κ2) is 8.69. The molecule has 8 heteroatoms. The zero-order chi connectivity index (χ0) is 22.1. The highest BCUT2D eigenvalue weighted by atomic mass is 79.9. The largest absolute Gasteiger partial charge is 0.455 e. The highest BCUT2D eigenvalue weighted by molar-refractivity contribution is 9.10. The van der Waals surface area contributed by atoms with Gasteiger partial charge in [-0.05, 0) is 64.0 Å². The molecule has 1 atom stereocenters. The summed E-state index contributed by atoms with van der Waals surface area (Å²) in [5.41, 5.74) is 6.30. The highest BCUT2D eigenvalue weighted by Crippen LogP contribution is 2.38. The van der Waals surface area contributed by atoms with Crippen LogP contribution in [0.25, 0.3) is 0 Å². The molecule has 1 aliphatic heterocycles. The number of amides is 2. The molecule has 158 valence electrons. The predicted octanol–water partition coefficient (Wildman–Crippen LogP) is 5.65. The molecule has 0 radical (unpaired) electrons. The molecule has 2 N–H and O–H groups in total. The van der Waals surface area contributed by atoms with E-state index in [1.807, 2.05) is 36.4 Å². The molecule has 1 saturated heterocycles. The van der Waals surface area contributed by atoms with Crippen LogP contribution in [0.3, 0.4) is 0 Å². The number of carbonyl (C=O) groups is 2. The van der Waals surface area contributed by atoms with Gasteiger partial charge in [0.2, 0.25) is 5.91 Å². The first kappa shape index (κ1) is 21.3. The lowest BCUT2D eigenvalue weighted by atomic mass is 9.98. The van der Waals surface area contributed by atoms with Crippen LogP contribution in [0.1, 0.15) is 28.3 Å². The second-order valence-electron chi connectivity index (χ2n) is 7.16. The maximum absolute atomic E-state index is 13.8. The van der Waals surface area contributed by atoms with Gasteiger partial charge < -0.3 is 15.4 Å². The number of ether oxygens (including phenoxy) is 1. The monoisotopic (exact) mass is 502 g/mol. The van der Waals surface area contributed by atoms with Crippen molar-refractivity contribution in [3.8, 4) is 11.5 Å². The third-order valence-electron chi connectivity index (χ3n) is 5.14. The molecular weight excluding hydrogens is 487 g/mol. The van der Waals surface area contributed by atoms with Crippen molar-refractivity contribution in [2.24, 2.45) is 5.73 Å². The number of nitrogens with two attached hydrogens (primary N) is 1. The van der Waals surface area contributed by atoms with E-state index < -0.39 is 11.7 Å². The van der Waals surface area contributed by atoms with Gasteiger partial charge in [0.05, 0.1) is 15.1 Å². The van der Waals surface area contributed by atoms with Crippen molar-refractivity contribution in [2.75, 3.05) is 11.4 Å². The Balaban J connectivity index is 1.59. The summed E-state index contributed by atoms with van der Waals surface area (Å²) in [5.74, 6) is -0.741. The molecule has 31 heavy (non-hydrogen) atoms. The standard InChI is InChI=1S/C23H17BrClFN2O3/c24-17-3-1-2-4-20(17)31-21-9-13(5-7-18(21)25)14-10-22(29)28(12-14)15-6-8-19(26)16(11-15)23(27)30/h1-9,11,14H,10,12H2,(H2,27,30)/t14-/m0/s1. The first-order valence-corrected chi connectivity index (χ1v) is 10.6. The molecule has 1 heterocycles. The zero-order valence-electron chi connectivity index (χ0n) is 16.1. The number of rotatable bonds is 5. The van der Waals surface area contributed by atoms with Gasteiger partial charge in [0.15, 0.2) is 0 Å². The fraction of sp³-hybridized carbons (Fsp3) is 0.130. The van der Waals surface area contributed by atoms with Crippen LogP contribution in [0.15, 0.2) is 65.1 Å². The molecule has 0 bridgehead atoms. The Morgan fingerprint density at radius 3 is 2.65 bits per heavy atom. The summed E-state index contributed by atoms with van der Waals surface area (Å²) in [6, 6.07) is 16.7. The van der Waals surface area contributed by atoms with Gasteiger partial charge >= 0.3 is 0 Å². The summed E-state index contributed by atoms with van der Waals surface area (Å²) < 4.78 is 20.6. The zero-order valence-corrected chi connectivity index (χ0v) is 18.5. The molecule has 0 saturated carbocycles. The van der Waals surface area contributed by atoms with E-state index in [9.17, 15) is 14.0 Å². The van der Waals surface area contributed by atoms with Gasteiger partial charge in [0, 0.05) is 24.6 Å². The average molecular weight is 504 g/mol. The fourth-order valence-electron chi connectivity index (χ4n) is 3.55. The third-order valence-corrected chi connectivity index (χ3v) is 6.10. The average Bonchev–Trinajstić information content (AvgIpc) is 3.13. The lowest BCUT2D eigenvalue weighted by Crippen LogP contribution is -2.25. The minimum absolute atomic E-state index is 0.117. The Hall–Kier alpha value is -2.90. The predicted molar refractivity (Wildman–Crippen MR) is 120 cm³/mol. The van der Waals surface area contributed by atoms with Crippen molar-refractivity contribution in [1.29, 1.82) is 0 Å². The summed E-state index contributed by atoms with van der Waals surface area (Å²) in [7, 11) is 0. The Morgan fingerprint density at radius 1 is 1.13 bits per heavy atom. The first-order chi connectivity index (χ1) is 14.8. The quantitative estimate of drug-likeness (QED) is 0.489. The lowest BCUT2D eigenvalue weighted by Gasteiger charge is -2.18. The number of para-hydroxylation sites is 1. The van der Waals surface area contributed by atoms with Gasteiger partial charge in [-0.2, -0.15) is 0 Å². The molecule has 3 aromatic rings. The van der Waals surface area contributed by atoms with E-state index in [2.05, 4.69) is 15.9 Å². The number of halogens is 3. The molecule has 5 nitrogen and oxygen atoms in total. The van der Waals surface area contributed by atoms with Crippen LogP contribution in [-0.2, 0) is 4.79 Å². The molecule has 0 spiro atoms. The maximum atomic E-state index is 13.8. The van der Waals surface area contributed by atoms with Crippen LogP contribution >= 0.6 is 27.5 Å². The molecule has 0 aliphatic carbocycles. The van der Waals surface area contributed by atoms with Crippen molar-refractivity contribution < 1.29 is 18.7 Å².